The highest BCUT2D eigenvalue weighted by Crippen LogP contribution is 2.60. The van der Waals surface area contributed by atoms with Crippen molar-refractivity contribution in [2.45, 2.75) is 32.0 Å². The number of hydrogen-bond donors (Lipinski definition) is 0. The highest BCUT2D eigenvalue weighted by Gasteiger charge is 2.58. The smallest absolute Gasteiger partial charge is 0.231 e. The van der Waals surface area contributed by atoms with Crippen molar-refractivity contribution in [3.05, 3.63) is 47.9 Å². The maximum Gasteiger partial charge on any atom is 0.231 e. The minimum absolute atomic E-state index is 0.0850. The normalized spacial score (nSPS) is 31.5. The van der Waals surface area contributed by atoms with Crippen LogP contribution >= 0.6 is 0 Å². The second kappa shape index (κ2) is 6.60. The summed E-state index contributed by atoms with van der Waals surface area (Å²) in [5.74, 6) is 2.22. The maximum atomic E-state index is 12.7. The molecule has 1 aromatic carbocycles. The van der Waals surface area contributed by atoms with Crippen LogP contribution < -0.4 is 9.47 Å². The van der Waals surface area contributed by atoms with Gasteiger partial charge in [-0.05, 0) is 30.5 Å². The molecular weight excluding hydrogens is 348 g/mol. The fraction of sp³-hybridized carbons (Fsp3) is 0.476. The van der Waals surface area contributed by atoms with E-state index in [1.54, 1.807) is 7.11 Å². The number of allylic oxidation sites excluding steroid dienone is 2. The monoisotopic (exact) mass is 372 g/mol. The first kappa shape index (κ1) is 17.9. The Balaban J connectivity index is 1.80. The standard InChI is InChI=1S/C21H24O6/c1-5-8-21-10-16(23-3)17(22)19(24-4)20(21)27-18(12(21)2)13-6-7-14-15(9-13)26-11-25-14/h5-7,9,12,16,18H,1,8,10-11H2,2-4H3. The molecule has 0 amide bonds. The number of methoxy groups -OCH3 is 2. The van der Waals surface area contributed by atoms with Gasteiger partial charge in [-0.2, -0.15) is 0 Å². The fourth-order valence-electron chi connectivity index (χ4n) is 4.53. The van der Waals surface area contributed by atoms with Gasteiger partial charge in [0.05, 0.1) is 7.11 Å². The van der Waals surface area contributed by atoms with Gasteiger partial charge in [-0.1, -0.05) is 19.1 Å². The van der Waals surface area contributed by atoms with Gasteiger partial charge < -0.3 is 23.7 Å². The Bertz CT molecular complexity index is 813. The highest BCUT2D eigenvalue weighted by atomic mass is 16.7. The SMILES string of the molecule is C=CCC12CC(OC)C(=O)C(OC)=C1OC(c1ccc3c(c1)OCO3)C2C. The summed E-state index contributed by atoms with van der Waals surface area (Å²) in [7, 11) is 3.05. The number of carbonyl (C=O) groups is 1. The molecule has 1 aliphatic carbocycles. The molecule has 0 bridgehead atoms. The molecule has 4 atom stereocenters. The second-order valence-electron chi connectivity index (χ2n) is 7.24. The van der Waals surface area contributed by atoms with Gasteiger partial charge in [0.15, 0.2) is 11.5 Å². The van der Waals surface area contributed by atoms with Crippen molar-refractivity contribution in [1.82, 2.24) is 0 Å². The Morgan fingerprint density at radius 3 is 2.78 bits per heavy atom. The first-order valence-corrected chi connectivity index (χ1v) is 9.08. The molecule has 1 aromatic rings. The van der Waals surface area contributed by atoms with Gasteiger partial charge in [-0.3, -0.25) is 4.79 Å². The molecule has 6 nitrogen and oxygen atoms in total. The number of fused-ring (bicyclic) bond motifs is 2. The molecule has 4 unspecified atom stereocenters. The van der Waals surface area contributed by atoms with Crippen molar-refractivity contribution in [3.8, 4) is 11.5 Å². The highest BCUT2D eigenvalue weighted by molar-refractivity contribution is 5.99. The molecule has 0 N–H and O–H groups in total. The first-order valence-electron chi connectivity index (χ1n) is 9.08. The number of carbonyl (C=O) groups excluding carboxylic acids is 1. The number of ether oxygens (including phenoxy) is 5. The van der Waals surface area contributed by atoms with Gasteiger partial charge in [0.25, 0.3) is 0 Å². The molecule has 2 aliphatic heterocycles. The maximum absolute atomic E-state index is 12.7. The largest absolute Gasteiger partial charge is 0.490 e. The van der Waals surface area contributed by atoms with Crippen LogP contribution in [0.1, 0.15) is 31.4 Å². The number of Topliss-reactive ketones (excluding diaryl/α,β-unsaturated/α-hetero) is 1. The predicted molar refractivity (Wildman–Crippen MR) is 97.3 cm³/mol. The third-order valence-corrected chi connectivity index (χ3v) is 6.02. The lowest BCUT2D eigenvalue weighted by Gasteiger charge is -2.38. The van der Waals surface area contributed by atoms with Gasteiger partial charge >= 0.3 is 0 Å². The van der Waals surface area contributed by atoms with E-state index in [1.165, 1.54) is 7.11 Å². The van der Waals surface area contributed by atoms with Crippen molar-refractivity contribution in [2.24, 2.45) is 11.3 Å². The van der Waals surface area contributed by atoms with Crippen LogP contribution in [0.2, 0.25) is 0 Å². The fourth-order valence-corrected chi connectivity index (χ4v) is 4.53. The van der Waals surface area contributed by atoms with Gasteiger partial charge in [-0.15, -0.1) is 6.58 Å². The van der Waals surface area contributed by atoms with Crippen LogP contribution in [0.4, 0.5) is 0 Å². The number of hydrogen-bond acceptors (Lipinski definition) is 6. The Labute approximate surface area is 158 Å². The summed E-state index contributed by atoms with van der Waals surface area (Å²) in [5, 5.41) is 0. The van der Waals surface area contributed by atoms with E-state index in [0.29, 0.717) is 24.4 Å². The van der Waals surface area contributed by atoms with Crippen LogP contribution in [0.3, 0.4) is 0 Å². The molecule has 1 saturated heterocycles. The van der Waals surface area contributed by atoms with E-state index in [4.69, 9.17) is 23.7 Å². The molecule has 0 saturated carbocycles. The van der Waals surface area contributed by atoms with Crippen molar-refractivity contribution in [2.75, 3.05) is 21.0 Å². The zero-order valence-corrected chi connectivity index (χ0v) is 15.8. The minimum Gasteiger partial charge on any atom is -0.490 e. The quantitative estimate of drug-likeness (QED) is 0.737. The molecule has 0 spiro atoms. The summed E-state index contributed by atoms with van der Waals surface area (Å²) in [6, 6.07) is 5.83. The lowest BCUT2D eigenvalue weighted by atomic mass is 9.65. The third-order valence-electron chi connectivity index (χ3n) is 6.02. The van der Waals surface area contributed by atoms with Gasteiger partial charge in [0.2, 0.25) is 18.3 Å². The molecule has 27 heavy (non-hydrogen) atoms. The molecule has 144 valence electrons. The number of ketones is 1. The Morgan fingerprint density at radius 1 is 1.30 bits per heavy atom. The number of rotatable bonds is 5. The zero-order chi connectivity index (χ0) is 19.2. The molecule has 3 aliphatic rings. The summed E-state index contributed by atoms with van der Waals surface area (Å²) < 4.78 is 28.2. The molecule has 0 aromatic heterocycles. The summed E-state index contributed by atoms with van der Waals surface area (Å²) >= 11 is 0. The van der Waals surface area contributed by atoms with Gasteiger partial charge in [0.1, 0.15) is 18.0 Å². The summed E-state index contributed by atoms with van der Waals surface area (Å²) in [5.41, 5.74) is 0.580. The average Bonchev–Trinajstić information content (AvgIpc) is 3.25. The van der Waals surface area contributed by atoms with E-state index in [-0.39, 0.29) is 30.4 Å². The minimum atomic E-state index is -0.551. The van der Waals surface area contributed by atoms with Crippen molar-refractivity contribution >= 4 is 5.78 Å². The van der Waals surface area contributed by atoms with E-state index in [2.05, 4.69) is 13.5 Å². The Morgan fingerprint density at radius 2 is 2.07 bits per heavy atom. The predicted octanol–water partition coefficient (Wildman–Crippen LogP) is 3.53. The van der Waals surface area contributed by atoms with Crippen LogP contribution in [0.25, 0.3) is 0 Å². The zero-order valence-electron chi connectivity index (χ0n) is 15.8. The third kappa shape index (κ3) is 2.54. The molecule has 1 fully saturated rings. The van der Waals surface area contributed by atoms with Crippen molar-refractivity contribution < 1.29 is 28.5 Å². The first-order chi connectivity index (χ1) is 13.1. The second-order valence-corrected chi connectivity index (χ2v) is 7.24. The van der Waals surface area contributed by atoms with Gasteiger partial charge in [-0.25, -0.2) is 0 Å². The number of benzene rings is 1. The van der Waals surface area contributed by atoms with E-state index >= 15 is 0 Å². The lowest BCUT2D eigenvalue weighted by molar-refractivity contribution is -0.132. The van der Waals surface area contributed by atoms with Crippen molar-refractivity contribution in [1.29, 1.82) is 0 Å². The van der Waals surface area contributed by atoms with E-state index in [9.17, 15) is 4.79 Å². The van der Waals surface area contributed by atoms with Crippen LogP contribution in [0, 0.1) is 11.3 Å². The molecule has 4 rings (SSSR count). The van der Waals surface area contributed by atoms with E-state index in [1.807, 2.05) is 24.3 Å². The molecular formula is C21H24O6. The Hall–Kier alpha value is -2.47. The van der Waals surface area contributed by atoms with Crippen LogP contribution in [-0.2, 0) is 19.0 Å². The van der Waals surface area contributed by atoms with Crippen LogP contribution in [-0.4, -0.2) is 32.9 Å². The van der Waals surface area contributed by atoms with Crippen LogP contribution in [0.15, 0.2) is 42.4 Å². The molecule has 0 radical (unpaired) electrons. The molecule has 6 heteroatoms. The van der Waals surface area contributed by atoms with Gasteiger partial charge in [0, 0.05) is 18.4 Å². The topological polar surface area (TPSA) is 63.2 Å². The van der Waals surface area contributed by atoms with Crippen molar-refractivity contribution in [3.63, 3.8) is 0 Å². The Kier molecular flexibility index (Phi) is 4.38. The average molecular weight is 372 g/mol. The molecule has 2 heterocycles. The van der Waals surface area contributed by atoms with Crippen LogP contribution in [0.5, 0.6) is 11.5 Å². The van der Waals surface area contributed by atoms with E-state index in [0.717, 1.165) is 11.3 Å². The lowest BCUT2D eigenvalue weighted by Crippen LogP contribution is -2.42. The summed E-state index contributed by atoms with van der Waals surface area (Å²) in [6.07, 6.45) is 2.30. The summed E-state index contributed by atoms with van der Waals surface area (Å²) in [4.78, 5) is 12.7. The van der Waals surface area contributed by atoms with E-state index < -0.39 is 11.5 Å². The summed E-state index contributed by atoms with van der Waals surface area (Å²) in [6.45, 7) is 6.29.